The minimum absolute atomic E-state index is 0.103. The quantitative estimate of drug-likeness (QED) is 0.820. The van der Waals surface area contributed by atoms with E-state index in [0.717, 1.165) is 0 Å². The number of ether oxygens (including phenoxy) is 1. The molecule has 0 amide bonds. The number of rotatable bonds is 5. The minimum atomic E-state index is -3.62. The molecule has 1 aromatic carbocycles. The van der Waals surface area contributed by atoms with Crippen molar-refractivity contribution in [2.45, 2.75) is 30.8 Å². The van der Waals surface area contributed by atoms with Gasteiger partial charge in [-0.05, 0) is 37.6 Å². The lowest BCUT2D eigenvalue weighted by molar-refractivity contribution is -0.0613. The Kier molecular flexibility index (Phi) is 4.36. The Morgan fingerprint density at radius 2 is 1.86 bits per heavy atom. The Labute approximate surface area is 124 Å². The number of hydrogen-bond acceptors (Lipinski definition) is 5. The largest absolute Gasteiger partial charge is 0.462 e. The van der Waals surface area contributed by atoms with Gasteiger partial charge in [0.1, 0.15) is 0 Å². The molecule has 6 nitrogen and oxygen atoms in total. The van der Waals surface area contributed by atoms with Gasteiger partial charge in [-0.25, -0.2) is 13.2 Å². The molecule has 0 unspecified atom stereocenters. The number of β-amino-alcohol motifs (C(OH)–C–C–N with tert-alkyl or cyclic N) is 1. The molecule has 1 N–H and O–H groups in total. The van der Waals surface area contributed by atoms with Crippen LogP contribution in [0.4, 0.5) is 0 Å². The zero-order chi connectivity index (χ0) is 15.7. The first-order chi connectivity index (χ1) is 9.82. The van der Waals surface area contributed by atoms with Gasteiger partial charge in [-0.1, -0.05) is 6.92 Å². The second-order valence-electron chi connectivity index (χ2n) is 5.10. The highest BCUT2D eigenvalue weighted by Gasteiger charge is 2.45. The average molecular weight is 313 g/mol. The van der Waals surface area contributed by atoms with Crippen molar-refractivity contribution in [1.82, 2.24) is 4.31 Å². The van der Waals surface area contributed by atoms with Crippen LogP contribution in [-0.2, 0) is 14.8 Å². The van der Waals surface area contributed by atoms with E-state index >= 15 is 0 Å². The van der Waals surface area contributed by atoms with E-state index in [9.17, 15) is 18.3 Å². The van der Waals surface area contributed by atoms with Crippen molar-refractivity contribution in [3.8, 4) is 0 Å². The van der Waals surface area contributed by atoms with Crippen LogP contribution in [-0.4, -0.2) is 49.1 Å². The van der Waals surface area contributed by atoms with E-state index < -0.39 is 21.6 Å². The van der Waals surface area contributed by atoms with Gasteiger partial charge in [-0.15, -0.1) is 0 Å². The molecule has 0 aliphatic carbocycles. The molecule has 21 heavy (non-hydrogen) atoms. The van der Waals surface area contributed by atoms with Crippen LogP contribution in [0, 0.1) is 0 Å². The number of nitrogens with zero attached hydrogens (tertiary/aromatic N) is 1. The Morgan fingerprint density at radius 3 is 2.33 bits per heavy atom. The average Bonchev–Trinajstić information content (AvgIpc) is 2.44. The molecule has 116 valence electrons. The Bertz CT molecular complexity index is 617. The fourth-order valence-electron chi connectivity index (χ4n) is 2.13. The van der Waals surface area contributed by atoms with Crippen LogP contribution < -0.4 is 0 Å². The maximum absolute atomic E-state index is 12.3. The second kappa shape index (κ2) is 5.75. The maximum atomic E-state index is 12.3. The summed E-state index contributed by atoms with van der Waals surface area (Å²) in [5.74, 6) is -0.481. The van der Waals surface area contributed by atoms with Crippen LogP contribution in [0.2, 0.25) is 0 Å². The van der Waals surface area contributed by atoms with E-state index in [1.165, 1.54) is 28.6 Å². The molecule has 0 spiro atoms. The zero-order valence-electron chi connectivity index (χ0n) is 12.1. The topological polar surface area (TPSA) is 83.9 Å². The highest BCUT2D eigenvalue weighted by molar-refractivity contribution is 7.89. The third-order valence-corrected chi connectivity index (χ3v) is 5.41. The van der Waals surface area contributed by atoms with E-state index in [1.54, 1.807) is 6.92 Å². The van der Waals surface area contributed by atoms with E-state index in [0.29, 0.717) is 12.0 Å². The van der Waals surface area contributed by atoms with Gasteiger partial charge in [-0.2, -0.15) is 4.31 Å². The molecule has 1 fully saturated rings. The van der Waals surface area contributed by atoms with Gasteiger partial charge < -0.3 is 9.84 Å². The summed E-state index contributed by atoms with van der Waals surface area (Å²) in [6.07, 6.45) is 0.515. The second-order valence-corrected chi connectivity index (χ2v) is 7.03. The van der Waals surface area contributed by atoms with Gasteiger partial charge in [0, 0.05) is 13.1 Å². The van der Waals surface area contributed by atoms with Crippen molar-refractivity contribution in [3.63, 3.8) is 0 Å². The number of sulfonamides is 1. The molecular formula is C14H19NO5S. The number of hydrogen-bond donors (Lipinski definition) is 1. The monoisotopic (exact) mass is 313 g/mol. The van der Waals surface area contributed by atoms with Gasteiger partial charge in [0.2, 0.25) is 10.0 Å². The predicted octanol–water partition coefficient (Wildman–Crippen LogP) is 1.01. The van der Waals surface area contributed by atoms with Crippen LogP contribution in [0.3, 0.4) is 0 Å². The molecule has 7 heteroatoms. The molecule has 2 rings (SSSR count). The van der Waals surface area contributed by atoms with Crippen LogP contribution in [0.5, 0.6) is 0 Å². The summed E-state index contributed by atoms with van der Waals surface area (Å²) >= 11 is 0. The fourth-order valence-corrected chi connectivity index (χ4v) is 3.73. The summed E-state index contributed by atoms with van der Waals surface area (Å²) in [6, 6.07) is 5.61. The van der Waals surface area contributed by atoms with E-state index in [4.69, 9.17) is 4.74 Å². The van der Waals surface area contributed by atoms with Crippen LogP contribution in [0.1, 0.15) is 30.6 Å². The molecule has 1 heterocycles. The van der Waals surface area contributed by atoms with Crippen LogP contribution in [0.15, 0.2) is 29.2 Å². The van der Waals surface area contributed by atoms with Crippen molar-refractivity contribution in [3.05, 3.63) is 29.8 Å². The van der Waals surface area contributed by atoms with Gasteiger partial charge in [0.05, 0.1) is 22.7 Å². The van der Waals surface area contributed by atoms with Crippen LogP contribution in [0.25, 0.3) is 0 Å². The summed E-state index contributed by atoms with van der Waals surface area (Å²) < 4.78 is 30.7. The normalized spacial score (nSPS) is 18.0. The van der Waals surface area contributed by atoms with Crippen molar-refractivity contribution < 1.29 is 23.1 Å². The lowest BCUT2D eigenvalue weighted by Crippen LogP contribution is -2.62. The fraction of sp³-hybridized carbons (Fsp3) is 0.500. The molecule has 1 saturated heterocycles. The molecule has 1 aliphatic rings. The third-order valence-electron chi connectivity index (χ3n) is 3.60. The van der Waals surface area contributed by atoms with E-state index in [1.807, 2.05) is 6.92 Å². The SMILES string of the molecule is CCOC(=O)c1ccc(S(=O)(=O)N2CC(O)(CC)C2)cc1. The van der Waals surface area contributed by atoms with Gasteiger partial charge in [0.15, 0.2) is 0 Å². The summed E-state index contributed by atoms with van der Waals surface area (Å²) in [7, 11) is -3.62. The van der Waals surface area contributed by atoms with Crippen molar-refractivity contribution in [2.75, 3.05) is 19.7 Å². The zero-order valence-corrected chi connectivity index (χ0v) is 12.9. The van der Waals surface area contributed by atoms with Crippen molar-refractivity contribution in [2.24, 2.45) is 0 Å². The number of esters is 1. The molecule has 0 bridgehead atoms. The summed E-state index contributed by atoms with van der Waals surface area (Å²) in [4.78, 5) is 11.6. The molecule has 0 radical (unpaired) electrons. The summed E-state index contributed by atoms with van der Waals surface area (Å²) in [5, 5.41) is 9.91. The van der Waals surface area contributed by atoms with Gasteiger partial charge >= 0.3 is 5.97 Å². The maximum Gasteiger partial charge on any atom is 0.338 e. The summed E-state index contributed by atoms with van der Waals surface area (Å²) in [5.41, 5.74) is -0.609. The molecule has 0 saturated carbocycles. The lowest BCUT2D eigenvalue weighted by Gasteiger charge is -2.44. The van der Waals surface area contributed by atoms with E-state index in [-0.39, 0.29) is 24.6 Å². The van der Waals surface area contributed by atoms with Gasteiger partial charge in [-0.3, -0.25) is 0 Å². The predicted molar refractivity (Wildman–Crippen MR) is 76.4 cm³/mol. The number of aliphatic hydroxyl groups is 1. The molecule has 0 aromatic heterocycles. The highest BCUT2D eigenvalue weighted by atomic mass is 32.2. The Morgan fingerprint density at radius 1 is 1.29 bits per heavy atom. The first-order valence-electron chi connectivity index (χ1n) is 6.82. The van der Waals surface area contributed by atoms with Crippen molar-refractivity contribution >= 4 is 16.0 Å². The molecule has 0 atom stereocenters. The molecule has 1 aromatic rings. The number of carbonyl (C=O) groups excluding carboxylic acids is 1. The smallest absolute Gasteiger partial charge is 0.338 e. The highest BCUT2D eigenvalue weighted by Crippen LogP contribution is 2.30. The third kappa shape index (κ3) is 3.09. The minimum Gasteiger partial charge on any atom is -0.462 e. The van der Waals surface area contributed by atoms with Gasteiger partial charge in [0.25, 0.3) is 0 Å². The Balaban J connectivity index is 2.13. The molecule has 1 aliphatic heterocycles. The van der Waals surface area contributed by atoms with Crippen LogP contribution >= 0.6 is 0 Å². The first kappa shape index (κ1) is 15.9. The molecular weight excluding hydrogens is 294 g/mol. The number of benzene rings is 1. The number of carbonyl (C=O) groups is 1. The summed E-state index contributed by atoms with van der Waals surface area (Å²) in [6.45, 7) is 3.99. The van der Waals surface area contributed by atoms with Crippen molar-refractivity contribution in [1.29, 1.82) is 0 Å². The lowest BCUT2D eigenvalue weighted by atomic mass is 9.94. The Hall–Kier alpha value is -1.44. The standard InChI is InChI=1S/C14H19NO5S/c1-3-14(17)9-15(10-14)21(18,19)12-7-5-11(6-8-12)13(16)20-4-2/h5-8,17H,3-4,9-10H2,1-2H3. The first-order valence-corrected chi connectivity index (χ1v) is 8.26. The van der Waals surface area contributed by atoms with E-state index in [2.05, 4.69) is 0 Å².